The molecule has 0 aromatic heterocycles. The quantitative estimate of drug-likeness (QED) is 0.0360. The summed E-state index contributed by atoms with van der Waals surface area (Å²) in [4.78, 5) is 74.7. The third-order valence-electron chi connectivity index (χ3n) is 8.78. The molecule has 0 heterocycles. The Morgan fingerprint density at radius 1 is 0.417 bits per heavy atom. The molecule has 4 atom stereocenters. The van der Waals surface area contributed by atoms with E-state index in [9.17, 15) is 24.0 Å². The standard InChI is InChI=1S/C48H39NO11/c50-44(35-21-9-2-10-22-35)55-33-41(58-46(52)37-25-13-4-14-26-37)43(60-48(54)39-29-17-6-18-30-39)42(59-47(53)38-27-15-5-16-28-38)40(57-45(51)36-23-11-3-12-24-36)31-49-56-32-34-19-7-1-8-20-34/h1-31,40-43H,32-33H2/b49-31+/t40-,41-,42-,43-/m1/s1. The maximum atomic E-state index is 14.0. The number of carbonyl (C=O) groups excluding carboxylic acids is 5. The zero-order valence-electron chi connectivity index (χ0n) is 32.1. The molecule has 0 amide bonds. The Hall–Kier alpha value is -7.86. The summed E-state index contributed by atoms with van der Waals surface area (Å²) >= 11 is 0. The number of oxime groups is 1. The number of rotatable bonds is 18. The predicted octanol–water partition coefficient (Wildman–Crippen LogP) is 7.95. The van der Waals surface area contributed by atoms with Crippen LogP contribution in [0.25, 0.3) is 0 Å². The van der Waals surface area contributed by atoms with Gasteiger partial charge in [0.1, 0.15) is 13.2 Å². The van der Waals surface area contributed by atoms with E-state index in [1.165, 1.54) is 60.7 Å². The molecule has 0 aliphatic rings. The Kier molecular flexibility index (Phi) is 15.0. The third-order valence-corrected chi connectivity index (χ3v) is 8.78. The van der Waals surface area contributed by atoms with Gasteiger partial charge in [0, 0.05) is 0 Å². The van der Waals surface area contributed by atoms with E-state index in [2.05, 4.69) is 5.16 Å². The maximum absolute atomic E-state index is 14.0. The average Bonchev–Trinajstić information content (AvgIpc) is 3.31. The first-order valence-corrected chi connectivity index (χ1v) is 18.8. The second kappa shape index (κ2) is 21.6. The topological polar surface area (TPSA) is 153 Å². The number of carbonyl (C=O) groups is 5. The van der Waals surface area contributed by atoms with Crippen LogP contribution in [0.5, 0.6) is 0 Å². The molecular formula is C48H39NO11. The van der Waals surface area contributed by atoms with Crippen molar-refractivity contribution in [2.24, 2.45) is 5.16 Å². The lowest BCUT2D eigenvalue weighted by molar-refractivity contribution is -0.120. The van der Waals surface area contributed by atoms with Crippen LogP contribution in [0.4, 0.5) is 0 Å². The summed E-state index contributed by atoms with van der Waals surface area (Å²) in [6.45, 7) is -0.718. The van der Waals surface area contributed by atoms with Gasteiger partial charge in [-0.3, -0.25) is 0 Å². The smallest absolute Gasteiger partial charge is 0.338 e. The normalized spacial score (nSPS) is 12.8. The third kappa shape index (κ3) is 12.1. The Morgan fingerprint density at radius 3 is 1.20 bits per heavy atom. The number of esters is 5. The largest absolute Gasteiger partial charge is 0.458 e. The fourth-order valence-corrected chi connectivity index (χ4v) is 5.74. The first-order valence-electron chi connectivity index (χ1n) is 18.8. The van der Waals surface area contributed by atoms with Crippen LogP contribution in [0.1, 0.15) is 57.4 Å². The molecule has 0 saturated heterocycles. The van der Waals surface area contributed by atoms with Gasteiger partial charge in [-0.15, -0.1) is 0 Å². The van der Waals surface area contributed by atoms with Crippen LogP contribution in [-0.2, 0) is 35.1 Å². The summed E-state index contributed by atoms with van der Waals surface area (Å²) in [5.74, 6) is -4.46. The van der Waals surface area contributed by atoms with E-state index < -0.39 is 60.9 Å². The highest BCUT2D eigenvalue weighted by Gasteiger charge is 2.45. The van der Waals surface area contributed by atoms with E-state index in [1.807, 2.05) is 30.3 Å². The summed E-state index contributed by atoms with van der Waals surface area (Å²) < 4.78 is 30.0. The molecular weight excluding hydrogens is 767 g/mol. The highest BCUT2D eigenvalue weighted by Crippen LogP contribution is 2.24. The van der Waals surface area contributed by atoms with Gasteiger partial charge in [-0.2, -0.15) is 0 Å². The molecule has 0 bridgehead atoms. The van der Waals surface area contributed by atoms with Gasteiger partial charge in [-0.05, 0) is 66.2 Å². The number of benzene rings is 6. The minimum absolute atomic E-state index is 0.00430. The zero-order chi connectivity index (χ0) is 41.9. The summed E-state index contributed by atoms with van der Waals surface area (Å²) in [6.07, 6.45) is -6.02. The second-order valence-electron chi connectivity index (χ2n) is 13.0. The van der Waals surface area contributed by atoms with Crippen molar-refractivity contribution in [1.82, 2.24) is 0 Å². The van der Waals surface area contributed by atoms with Crippen LogP contribution in [0.2, 0.25) is 0 Å². The van der Waals surface area contributed by atoms with Gasteiger partial charge in [-0.25, -0.2) is 24.0 Å². The van der Waals surface area contributed by atoms with Gasteiger partial charge in [0.2, 0.25) is 0 Å². The number of hydrogen-bond donors (Lipinski definition) is 0. The SMILES string of the molecule is O=C(OC[C@@H](OC(=O)c1ccccc1)[C@@H](OC(=O)c1ccccc1)[C@H](OC(=O)c1ccccc1)[C@@H](/C=N/OCc1ccccc1)OC(=O)c1ccccc1)c1ccccc1. The lowest BCUT2D eigenvalue weighted by Crippen LogP contribution is -2.54. The first-order chi connectivity index (χ1) is 29.4. The molecule has 0 aliphatic heterocycles. The monoisotopic (exact) mass is 805 g/mol. The average molecular weight is 806 g/mol. The van der Waals surface area contributed by atoms with E-state index in [1.54, 1.807) is 91.0 Å². The maximum Gasteiger partial charge on any atom is 0.338 e. The molecule has 6 aromatic rings. The Labute approximate surface area is 345 Å². The predicted molar refractivity (Wildman–Crippen MR) is 219 cm³/mol. The summed E-state index contributed by atoms with van der Waals surface area (Å²) in [6, 6.07) is 48.8. The van der Waals surface area contributed by atoms with E-state index >= 15 is 0 Å². The van der Waals surface area contributed by atoms with Crippen LogP contribution in [0, 0.1) is 0 Å². The van der Waals surface area contributed by atoms with Crippen molar-refractivity contribution in [3.8, 4) is 0 Å². The van der Waals surface area contributed by atoms with Crippen molar-refractivity contribution in [2.75, 3.05) is 6.61 Å². The van der Waals surface area contributed by atoms with Crippen molar-refractivity contribution in [1.29, 1.82) is 0 Å². The second-order valence-corrected chi connectivity index (χ2v) is 13.0. The van der Waals surface area contributed by atoms with Gasteiger partial charge in [0.15, 0.2) is 24.4 Å². The van der Waals surface area contributed by atoms with Crippen LogP contribution in [-0.4, -0.2) is 67.1 Å². The molecule has 6 rings (SSSR count). The number of ether oxygens (including phenoxy) is 5. The van der Waals surface area contributed by atoms with E-state index in [0.29, 0.717) is 0 Å². The molecule has 0 aliphatic carbocycles. The first kappa shape index (κ1) is 41.8. The van der Waals surface area contributed by atoms with Crippen LogP contribution < -0.4 is 0 Å². The van der Waals surface area contributed by atoms with E-state index in [0.717, 1.165) is 11.8 Å². The molecule has 0 N–H and O–H groups in total. The molecule has 6 aromatic carbocycles. The van der Waals surface area contributed by atoms with Gasteiger partial charge in [-0.1, -0.05) is 126 Å². The molecule has 0 radical (unpaired) electrons. The molecule has 0 unspecified atom stereocenters. The van der Waals surface area contributed by atoms with Crippen LogP contribution in [0.15, 0.2) is 187 Å². The molecule has 0 spiro atoms. The van der Waals surface area contributed by atoms with Crippen molar-refractivity contribution in [2.45, 2.75) is 31.0 Å². The Morgan fingerprint density at radius 2 is 0.767 bits per heavy atom. The van der Waals surface area contributed by atoms with Gasteiger partial charge in [0.25, 0.3) is 0 Å². The van der Waals surface area contributed by atoms with Gasteiger partial charge < -0.3 is 28.5 Å². The lowest BCUT2D eigenvalue weighted by Gasteiger charge is -2.34. The van der Waals surface area contributed by atoms with Crippen LogP contribution in [0.3, 0.4) is 0 Å². The van der Waals surface area contributed by atoms with E-state index in [4.69, 9.17) is 28.5 Å². The van der Waals surface area contributed by atoms with Crippen molar-refractivity contribution in [3.05, 3.63) is 215 Å². The van der Waals surface area contributed by atoms with Gasteiger partial charge in [0.05, 0.1) is 34.0 Å². The highest BCUT2D eigenvalue weighted by molar-refractivity contribution is 5.93. The molecule has 0 fully saturated rings. The molecule has 60 heavy (non-hydrogen) atoms. The minimum atomic E-state index is -1.85. The Balaban J connectivity index is 1.47. The lowest BCUT2D eigenvalue weighted by atomic mass is 10.0. The summed E-state index contributed by atoms with van der Waals surface area (Å²) in [7, 11) is 0. The fourth-order valence-electron chi connectivity index (χ4n) is 5.74. The van der Waals surface area contributed by atoms with Crippen molar-refractivity contribution >= 4 is 36.1 Å². The number of hydrogen-bond acceptors (Lipinski definition) is 12. The molecule has 12 nitrogen and oxygen atoms in total. The zero-order valence-corrected chi connectivity index (χ0v) is 32.1. The van der Waals surface area contributed by atoms with E-state index in [-0.39, 0.29) is 34.4 Å². The van der Waals surface area contributed by atoms with Crippen molar-refractivity contribution < 1.29 is 52.5 Å². The molecule has 0 saturated carbocycles. The fraction of sp³-hybridized carbons (Fsp3) is 0.125. The minimum Gasteiger partial charge on any atom is -0.458 e. The van der Waals surface area contributed by atoms with Crippen molar-refractivity contribution in [3.63, 3.8) is 0 Å². The number of nitrogens with zero attached hydrogens (tertiary/aromatic N) is 1. The molecule has 302 valence electrons. The summed E-state index contributed by atoms with van der Waals surface area (Å²) in [5, 5.41) is 4.09. The summed E-state index contributed by atoms with van der Waals surface area (Å²) in [5.41, 5.74) is 1.31. The Bertz CT molecular complexity index is 2330. The molecule has 12 heteroatoms. The van der Waals surface area contributed by atoms with Crippen LogP contribution >= 0.6 is 0 Å². The highest BCUT2D eigenvalue weighted by atomic mass is 16.6. The van der Waals surface area contributed by atoms with Gasteiger partial charge >= 0.3 is 29.8 Å².